The summed E-state index contributed by atoms with van der Waals surface area (Å²) in [6, 6.07) is 6.30. The maximum absolute atomic E-state index is 9.30. The van der Waals surface area contributed by atoms with E-state index in [2.05, 4.69) is 0 Å². The molecule has 4 heteroatoms. The second-order valence-electron chi connectivity index (χ2n) is 3.11. The van der Waals surface area contributed by atoms with Crippen molar-refractivity contribution in [2.24, 2.45) is 5.73 Å². The zero-order valence-electron chi connectivity index (χ0n) is 7.74. The topological polar surface area (TPSA) is 70.0 Å². The number of hydrogen-bond acceptors (Lipinski definition) is 3. The van der Waals surface area contributed by atoms with E-state index in [1.807, 2.05) is 6.07 Å². The Balaban J connectivity index is 3.16. The number of rotatable bonds is 2. The molecule has 74 valence electrons. The van der Waals surface area contributed by atoms with E-state index in [9.17, 15) is 5.11 Å². The Bertz CT molecular complexity index is 371. The number of nitriles is 1. The van der Waals surface area contributed by atoms with Gasteiger partial charge in [0.15, 0.2) is 0 Å². The van der Waals surface area contributed by atoms with Gasteiger partial charge < -0.3 is 10.8 Å². The third-order valence-electron chi connectivity index (χ3n) is 2.01. The molecule has 0 saturated heterocycles. The lowest BCUT2D eigenvalue weighted by molar-refractivity contribution is 0.164. The lowest BCUT2D eigenvalue weighted by Crippen LogP contribution is -2.24. The predicted octanol–water partition coefficient (Wildman–Crippen LogP) is 1.59. The van der Waals surface area contributed by atoms with E-state index in [0.717, 1.165) is 0 Å². The van der Waals surface area contributed by atoms with Crippen LogP contribution in [-0.4, -0.2) is 11.2 Å². The molecule has 14 heavy (non-hydrogen) atoms. The van der Waals surface area contributed by atoms with Gasteiger partial charge in [-0.1, -0.05) is 17.7 Å². The Hall–Kier alpha value is -1.08. The third kappa shape index (κ3) is 2.24. The molecular weight excluding hydrogens is 200 g/mol. The van der Waals surface area contributed by atoms with E-state index >= 15 is 0 Å². The van der Waals surface area contributed by atoms with Crippen LogP contribution < -0.4 is 5.73 Å². The lowest BCUT2D eigenvalue weighted by Gasteiger charge is -2.16. The summed E-state index contributed by atoms with van der Waals surface area (Å²) in [6.45, 7) is 1.58. The fourth-order valence-corrected chi connectivity index (χ4v) is 1.35. The Kier molecular flexibility index (Phi) is 3.48. The van der Waals surface area contributed by atoms with Gasteiger partial charge in [0.1, 0.15) is 0 Å². The summed E-state index contributed by atoms with van der Waals surface area (Å²) in [5.41, 5.74) is 6.75. The van der Waals surface area contributed by atoms with Gasteiger partial charge in [-0.3, -0.25) is 0 Å². The van der Waals surface area contributed by atoms with Gasteiger partial charge in [-0.25, -0.2) is 0 Å². The Morgan fingerprint density at radius 2 is 2.21 bits per heavy atom. The minimum atomic E-state index is -0.691. The molecule has 0 heterocycles. The number of aliphatic hydroxyl groups is 1. The highest BCUT2D eigenvalue weighted by Gasteiger charge is 2.15. The number of nitrogens with zero attached hydrogens (tertiary/aromatic N) is 1. The summed E-state index contributed by atoms with van der Waals surface area (Å²) in [7, 11) is 0. The maximum atomic E-state index is 9.30. The van der Waals surface area contributed by atoms with Crippen molar-refractivity contribution in [3.05, 3.63) is 34.3 Å². The standard InChI is InChI=1S/C10H11ClN2O/c1-6(14)10(13)9-3-2-8(11)4-7(9)5-12/h2-4,6,10,14H,13H2,1H3/t6-,10+/m0/s1. The zero-order valence-corrected chi connectivity index (χ0v) is 8.49. The fraction of sp³-hybridized carbons (Fsp3) is 0.300. The average Bonchev–Trinajstić information content (AvgIpc) is 2.16. The highest BCUT2D eigenvalue weighted by atomic mass is 35.5. The molecule has 2 atom stereocenters. The van der Waals surface area contributed by atoms with Crippen LogP contribution >= 0.6 is 11.6 Å². The van der Waals surface area contributed by atoms with E-state index in [-0.39, 0.29) is 0 Å². The van der Waals surface area contributed by atoms with Crippen LogP contribution in [0.25, 0.3) is 0 Å². The molecule has 0 aromatic heterocycles. The van der Waals surface area contributed by atoms with E-state index in [4.69, 9.17) is 22.6 Å². The largest absolute Gasteiger partial charge is 0.391 e. The molecule has 0 amide bonds. The van der Waals surface area contributed by atoms with Gasteiger partial charge in [-0.15, -0.1) is 0 Å². The first-order chi connectivity index (χ1) is 6.56. The highest BCUT2D eigenvalue weighted by Crippen LogP contribution is 2.22. The molecule has 0 saturated carbocycles. The molecule has 0 aliphatic carbocycles. The molecule has 0 fully saturated rings. The quantitative estimate of drug-likeness (QED) is 0.779. The molecule has 1 rings (SSSR count). The smallest absolute Gasteiger partial charge is 0.0995 e. The van der Waals surface area contributed by atoms with Gasteiger partial charge >= 0.3 is 0 Å². The summed E-state index contributed by atoms with van der Waals surface area (Å²) in [5.74, 6) is 0. The SMILES string of the molecule is C[C@H](O)[C@@H](N)c1ccc(Cl)cc1C#N. The maximum Gasteiger partial charge on any atom is 0.0995 e. The van der Waals surface area contributed by atoms with Crippen LogP contribution in [0.5, 0.6) is 0 Å². The number of nitrogens with two attached hydrogens (primary N) is 1. The van der Waals surface area contributed by atoms with Crippen LogP contribution in [0.1, 0.15) is 24.1 Å². The molecule has 0 spiro atoms. The number of halogens is 1. The van der Waals surface area contributed by atoms with Crippen LogP contribution in [0.4, 0.5) is 0 Å². The fourth-order valence-electron chi connectivity index (χ4n) is 1.18. The molecule has 3 nitrogen and oxygen atoms in total. The van der Waals surface area contributed by atoms with Gasteiger partial charge in [0.05, 0.1) is 23.8 Å². The first-order valence-electron chi connectivity index (χ1n) is 4.19. The Morgan fingerprint density at radius 3 is 2.71 bits per heavy atom. The van der Waals surface area contributed by atoms with Gasteiger partial charge in [0.2, 0.25) is 0 Å². The molecule has 0 bridgehead atoms. The predicted molar refractivity (Wildman–Crippen MR) is 54.8 cm³/mol. The van der Waals surface area contributed by atoms with Crippen LogP contribution in [0.2, 0.25) is 5.02 Å². The van der Waals surface area contributed by atoms with Crippen molar-refractivity contribution in [1.82, 2.24) is 0 Å². The Labute approximate surface area is 87.7 Å². The zero-order chi connectivity index (χ0) is 10.7. The van der Waals surface area contributed by atoms with Crippen LogP contribution in [-0.2, 0) is 0 Å². The number of benzene rings is 1. The van der Waals surface area contributed by atoms with Crippen molar-refractivity contribution in [3.63, 3.8) is 0 Å². The average molecular weight is 211 g/mol. The molecule has 0 aliphatic rings. The number of aliphatic hydroxyl groups excluding tert-OH is 1. The summed E-state index contributed by atoms with van der Waals surface area (Å²) < 4.78 is 0. The van der Waals surface area contributed by atoms with Crippen molar-refractivity contribution < 1.29 is 5.11 Å². The summed E-state index contributed by atoms with van der Waals surface area (Å²) in [6.07, 6.45) is -0.691. The van der Waals surface area contributed by atoms with Gasteiger partial charge in [0.25, 0.3) is 0 Å². The van der Waals surface area contributed by atoms with Crippen molar-refractivity contribution >= 4 is 11.6 Å². The monoisotopic (exact) mass is 210 g/mol. The normalized spacial score (nSPS) is 14.5. The van der Waals surface area contributed by atoms with Crippen LogP contribution in [0.15, 0.2) is 18.2 Å². The van der Waals surface area contributed by atoms with Gasteiger partial charge in [-0.2, -0.15) is 5.26 Å². The molecule has 0 radical (unpaired) electrons. The molecular formula is C10H11ClN2O. The molecule has 0 aliphatic heterocycles. The van der Waals surface area contributed by atoms with Crippen LogP contribution in [0.3, 0.4) is 0 Å². The van der Waals surface area contributed by atoms with Crippen molar-refractivity contribution in [2.75, 3.05) is 0 Å². The highest BCUT2D eigenvalue weighted by molar-refractivity contribution is 6.30. The second-order valence-corrected chi connectivity index (χ2v) is 3.55. The number of hydrogen-bond donors (Lipinski definition) is 2. The van der Waals surface area contributed by atoms with Crippen molar-refractivity contribution in [1.29, 1.82) is 5.26 Å². The minimum Gasteiger partial charge on any atom is -0.391 e. The van der Waals surface area contributed by atoms with E-state index in [1.165, 1.54) is 0 Å². The summed E-state index contributed by atoms with van der Waals surface area (Å²) in [5, 5.41) is 18.6. The van der Waals surface area contributed by atoms with Crippen LogP contribution in [0, 0.1) is 11.3 Å². The first-order valence-corrected chi connectivity index (χ1v) is 4.57. The van der Waals surface area contributed by atoms with E-state index in [1.54, 1.807) is 25.1 Å². The Morgan fingerprint density at radius 1 is 1.57 bits per heavy atom. The second kappa shape index (κ2) is 4.43. The minimum absolute atomic E-state index is 0.408. The molecule has 0 unspecified atom stereocenters. The molecule has 1 aromatic rings. The lowest BCUT2D eigenvalue weighted by atomic mass is 9.98. The van der Waals surface area contributed by atoms with Crippen molar-refractivity contribution in [2.45, 2.75) is 19.1 Å². The van der Waals surface area contributed by atoms with Gasteiger partial charge in [-0.05, 0) is 24.6 Å². The molecule has 1 aromatic carbocycles. The van der Waals surface area contributed by atoms with Crippen molar-refractivity contribution in [3.8, 4) is 6.07 Å². The first kappa shape index (κ1) is 11.0. The van der Waals surface area contributed by atoms with E-state index in [0.29, 0.717) is 16.1 Å². The van der Waals surface area contributed by atoms with E-state index < -0.39 is 12.1 Å². The van der Waals surface area contributed by atoms with Gasteiger partial charge in [0, 0.05) is 5.02 Å². The molecule has 3 N–H and O–H groups in total. The summed E-state index contributed by atoms with van der Waals surface area (Å²) in [4.78, 5) is 0. The third-order valence-corrected chi connectivity index (χ3v) is 2.25. The summed E-state index contributed by atoms with van der Waals surface area (Å²) >= 11 is 5.73.